The van der Waals surface area contributed by atoms with Crippen molar-refractivity contribution < 1.29 is 19.8 Å². The van der Waals surface area contributed by atoms with Gasteiger partial charge in [0.15, 0.2) is 0 Å². The maximum Gasteiger partial charge on any atom is 0.309 e. The Balaban J connectivity index is 1.87. The molecule has 0 amide bonds. The number of aryl methyl sites for hydroxylation is 2. The van der Waals surface area contributed by atoms with Crippen LogP contribution in [0, 0.1) is 31.6 Å². The van der Waals surface area contributed by atoms with Crippen LogP contribution in [0.2, 0.25) is 0 Å². The fraction of sp³-hybridized carbons (Fsp3) is 0.692. The second-order valence-electron chi connectivity index (χ2n) is 10.1. The van der Waals surface area contributed by atoms with E-state index >= 15 is 0 Å². The van der Waals surface area contributed by atoms with Crippen molar-refractivity contribution in [3.05, 3.63) is 33.9 Å². The van der Waals surface area contributed by atoms with Crippen LogP contribution in [0.25, 0.3) is 0 Å². The molecule has 1 aromatic carbocycles. The van der Waals surface area contributed by atoms with Crippen molar-refractivity contribution in [3.63, 3.8) is 0 Å². The minimum atomic E-state index is -0.715. The van der Waals surface area contributed by atoms with Gasteiger partial charge in [-0.25, -0.2) is 0 Å². The molecule has 0 radical (unpaired) electrons. The zero-order valence-corrected chi connectivity index (χ0v) is 19.6. The summed E-state index contributed by atoms with van der Waals surface area (Å²) >= 11 is 0. The Morgan fingerprint density at radius 1 is 0.933 bits per heavy atom. The Morgan fingerprint density at radius 2 is 1.57 bits per heavy atom. The molecule has 0 aliphatic heterocycles. The molecule has 4 nitrogen and oxygen atoms in total. The molecule has 0 aromatic heterocycles. The molecule has 0 bridgehead atoms. The van der Waals surface area contributed by atoms with Gasteiger partial charge in [0.25, 0.3) is 0 Å². The van der Waals surface area contributed by atoms with Gasteiger partial charge in [0.2, 0.25) is 0 Å². The summed E-state index contributed by atoms with van der Waals surface area (Å²) in [5.74, 6) is -1.33. The number of unbranched alkanes of at least 4 members (excludes halogenated alkanes) is 3. The fourth-order valence-electron chi connectivity index (χ4n) is 4.48. The van der Waals surface area contributed by atoms with Crippen LogP contribution in [-0.4, -0.2) is 22.2 Å². The number of carboxylic acids is 2. The Morgan fingerprint density at radius 3 is 2.13 bits per heavy atom. The average Bonchev–Trinajstić information content (AvgIpc) is 3.46. The Bertz CT molecular complexity index is 772. The van der Waals surface area contributed by atoms with Gasteiger partial charge in [-0.3, -0.25) is 9.59 Å². The van der Waals surface area contributed by atoms with Crippen LogP contribution in [0.4, 0.5) is 0 Å². The molecule has 0 unspecified atom stereocenters. The lowest BCUT2D eigenvalue weighted by Gasteiger charge is -2.19. The SMILES string of the molecule is Cc1cc(CCCCCC(C)(C)C(=O)O)c(C)c(CCCCC2(C(=O)O)CC2)c1C. The lowest BCUT2D eigenvalue weighted by Crippen LogP contribution is -2.23. The third kappa shape index (κ3) is 6.09. The van der Waals surface area contributed by atoms with Crippen molar-refractivity contribution >= 4 is 11.9 Å². The highest BCUT2D eigenvalue weighted by Gasteiger charge is 2.49. The first kappa shape index (κ1) is 24.4. The van der Waals surface area contributed by atoms with Crippen molar-refractivity contribution in [2.75, 3.05) is 0 Å². The van der Waals surface area contributed by atoms with E-state index in [-0.39, 0.29) is 0 Å². The Kier molecular flexibility index (Phi) is 8.13. The third-order valence-corrected chi connectivity index (χ3v) is 7.34. The van der Waals surface area contributed by atoms with Gasteiger partial charge >= 0.3 is 11.9 Å². The maximum atomic E-state index is 11.4. The van der Waals surface area contributed by atoms with Gasteiger partial charge < -0.3 is 10.2 Å². The molecule has 0 saturated heterocycles. The number of carboxylic acid groups (broad SMARTS) is 2. The van der Waals surface area contributed by atoms with Crippen LogP contribution < -0.4 is 0 Å². The van der Waals surface area contributed by atoms with Crippen LogP contribution in [0.15, 0.2) is 6.07 Å². The summed E-state index contributed by atoms with van der Waals surface area (Å²) < 4.78 is 0. The molecular formula is C26H40O4. The predicted octanol–water partition coefficient (Wildman–Crippen LogP) is 6.40. The van der Waals surface area contributed by atoms with E-state index in [0.717, 1.165) is 70.6 Å². The summed E-state index contributed by atoms with van der Waals surface area (Å²) in [6.07, 6.45) is 10.4. The summed E-state index contributed by atoms with van der Waals surface area (Å²) in [5.41, 5.74) is 5.91. The highest BCUT2D eigenvalue weighted by atomic mass is 16.4. The lowest BCUT2D eigenvalue weighted by molar-refractivity contribution is -0.147. The molecule has 2 N–H and O–H groups in total. The fourth-order valence-corrected chi connectivity index (χ4v) is 4.48. The van der Waals surface area contributed by atoms with Crippen LogP contribution >= 0.6 is 0 Å². The maximum absolute atomic E-state index is 11.4. The van der Waals surface area contributed by atoms with E-state index in [2.05, 4.69) is 26.8 Å². The molecule has 1 aliphatic rings. The minimum absolute atomic E-state index is 0.406. The molecule has 0 heterocycles. The van der Waals surface area contributed by atoms with E-state index in [1.807, 2.05) is 0 Å². The summed E-state index contributed by atoms with van der Waals surface area (Å²) in [4.78, 5) is 22.6. The lowest BCUT2D eigenvalue weighted by atomic mass is 9.86. The van der Waals surface area contributed by atoms with E-state index < -0.39 is 22.8 Å². The van der Waals surface area contributed by atoms with Gasteiger partial charge in [-0.1, -0.05) is 25.3 Å². The van der Waals surface area contributed by atoms with E-state index in [1.165, 1.54) is 27.8 Å². The van der Waals surface area contributed by atoms with Gasteiger partial charge in [-0.15, -0.1) is 0 Å². The molecule has 4 heteroatoms. The highest BCUT2D eigenvalue weighted by molar-refractivity contribution is 5.77. The molecular weight excluding hydrogens is 376 g/mol. The van der Waals surface area contributed by atoms with Gasteiger partial charge in [-0.05, 0) is 114 Å². The molecule has 0 atom stereocenters. The van der Waals surface area contributed by atoms with E-state index in [0.29, 0.717) is 0 Å². The average molecular weight is 417 g/mol. The van der Waals surface area contributed by atoms with E-state index in [4.69, 9.17) is 0 Å². The van der Waals surface area contributed by atoms with Crippen molar-refractivity contribution in [1.82, 2.24) is 0 Å². The topological polar surface area (TPSA) is 74.6 Å². The first-order valence-electron chi connectivity index (χ1n) is 11.6. The largest absolute Gasteiger partial charge is 0.481 e. The monoisotopic (exact) mass is 416 g/mol. The van der Waals surface area contributed by atoms with Crippen LogP contribution in [-0.2, 0) is 22.4 Å². The smallest absolute Gasteiger partial charge is 0.309 e. The molecule has 1 fully saturated rings. The van der Waals surface area contributed by atoms with Gasteiger partial charge in [0.05, 0.1) is 10.8 Å². The standard InChI is InChI=1S/C26H40O4/c1-18-17-21(11-7-6-9-13-25(4,5)23(27)28)20(3)22(19(18)2)12-8-10-14-26(15-16-26)24(29)30/h17H,6-16H2,1-5H3,(H,27,28)(H,29,30). The normalized spacial score (nSPS) is 15.2. The van der Waals surface area contributed by atoms with E-state index in [9.17, 15) is 19.8 Å². The molecule has 1 aromatic rings. The van der Waals surface area contributed by atoms with Crippen LogP contribution in [0.5, 0.6) is 0 Å². The number of hydrogen-bond acceptors (Lipinski definition) is 2. The number of benzene rings is 1. The number of hydrogen-bond donors (Lipinski definition) is 2. The molecule has 30 heavy (non-hydrogen) atoms. The van der Waals surface area contributed by atoms with Crippen LogP contribution in [0.1, 0.15) is 99.5 Å². The second-order valence-corrected chi connectivity index (χ2v) is 10.1. The van der Waals surface area contributed by atoms with Crippen molar-refractivity contribution in [2.45, 2.75) is 105 Å². The van der Waals surface area contributed by atoms with Crippen LogP contribution in [0.3, 0.4) is 0 Å². The van der Waals surface area contributed by atoms with Crippen molar-refractivity contribution in [2.24, 2.45) is 10.8 Å². The zero-order chi connectivity index (χ0) is 22.5. The van der Waals surface area contributed by atoms with Gasteiger partial charge in [-0.2, -0.15) is 0 Å². The number of aliphatic carboxylic acids is 2. The van der Waals surface area contributed by atoms with Gasteiger partial charge in [0.1, 0.15) is 0 Å². The molecule has 2 rings (SSSR count). The summed E-state index contributed by atoms with van der Waals surface area (Å²) in [6.45, 7) is 10.2. The Hall–Kier alpha value is -1.84. The first-order chi connectivity index (χ1) is 14.0. The van der Waals surface area contributed by atoms with E-state index in [1.54, 1.807) is 13.8 Å². The van der Waals surface area contributed by atoms with Crippen molar-refractivity contribution in [3.8, 4) is 0 Å². The highest BCUT2D eigenvalue weighted by Crippen LogP contribution is 2.50. The second kappa shape index (κ2) is 9.98. The first-order valence-corrected chi connectivity index (χ1v) is 11.6. The summed E-state index contributed by atoms with van der Waals surface area (Å²) in [6, 6.07) is 2.32. The quantitative estimate of drug-likeness (QED) is 0.365. The molecule has 1 aliphatic carbocycles. The summed E-state index contributed by atoms with van der Waals surface area (Å²) in [7, 11) is 0. The summed E-state index contributed by atoms with van der Waals surface area (Å²) in [5, 5.41) is 18.6. The zero-order valence-electron chi connectivity index (χ0n) is 19.6. The Labute approximate surface area is 182 Å². The molecule has 0 spiro atoms. The number of rotatable bonds is 13. The minimum Gasteiger partial charge on any atom is -0.481 e. The van der Waals surface area contributed by atoms with Crippen molar-refractivity contribution in [1.29, 1.82) is 0 Å². The molecule has 168 valence electrons. The van der Waals surface area contributed by atoms with Gasteiger partial charge in [0, 0.05) is 0 Å². The third-order valence-electron chi connectivity index (χ3n) is 7.34. The predicted molar refractivity (Wildman–Crippen MR) is 121 cm³/mol. The number of carbonyl (C=O) groups is 2. The molecule has 1 saturated carbocycles.